The fraction of sp³-hybridized carbons (Fsp3) is 0.406. The molecule has 0 atom stereocenters. The van der Waals surface area contributed by atoms with Crippen molar-refractivity contribution >= 4 is 40.5 Å². The number of carbonyl (C=O) groups excluding carboxylic acids is 2. The summed E-state index contributed by atoms with van der Waals surface area (Å²) >= 11 is 6.17. The van der Waals surface area contributed by atoms with Gasteiger partial charge in [-0.2, -0.15) is 5.10 Å². The van der Waals surface area contributed by atoms with E-state index in [0.717, 1.165) is 23.6 Å². The average Bonchev–Trinajstić information content (AvgIpc) is 2.93. The van der Waals surface area contributed by atoms with Crippen LogP contribution in [0, 0.1) is 0 Å². The van der Waals surface area contributed by atoms with Crippen LogP contribution in [-0.2, 0) is 4.79 Å². The van der Waals surface area contributed by atoms with Gasteiger partial charge in [0.25, 0.3) is 0 Å². The summed E-state index contributed by atoms with van der Waals surface area (Å²) in [5.74, 6) is -0.329. The van der Waals surface area contributed by atoms with Crippen molar-refractivity contribution in [2.75, 3.05) is 0 Å². The van der Waals surface area contributed by atoms with Crippen molar-refractivity contribution in [1.29, 1.82) is 0 Å². The first-order chi connectivity index (χ1) is 18.6. The first-order valence-corrected chi connectivity index (χ1v) is 14.3. The van der Waals surface area contributed by atoms with Gasteiger partial charge in [0, 0.05) is 12.0 Å². The predicted octanol–water partition coefficient (Wildman–Crippen LogP) is 8.86. The molecule has 3 aromatic carbocycles. The van der Waals surface area contributed by atoms with Crippen LogP contribution in [0.2, 0.25) is 5.02 Å². The van der Waals surface area contributed by atoms with Crippen LogP contribution < -0.4 is 10.2 Å². The molecule has 0 unspecified atom stereocenters. The number of amides is 1. The van der Waals surface area contributed by atoms with Crippen LogP contribution in [0.25, 0.3) is 10.8 Å². The van der Waals surface area contributed by atoms with Gasteiger partial charge in [-0.05, 0) is 35.4 Å². The molecule has 0 aliphatic heterocycles. The number of rotatable bonds is 16. The fourth-order valence-electron chi connectivity index (χ4n) is 4.45. The molecule has 0 saturated carbocycles. The maximum absolute atomic E-state index is 12.8. The smallest absolute Gasteiger partial charge is 0.345 e. The third-order valence-corrected chi connectivity index (χ3v) is 6.95. The molecule has 202 valence electrons. The van der Waals surface area contributed by atoms with Crippen LogP contribution in [0.4, 0.5) is 0 Å². The highest BCUT2D eigenvalue weighted by Crippen LogP contribution is 2.28. The van der Waals surface area contributed by atoms with E-state index in [2.05, 4.69) is 17.5 Å². The van der Waals surface area contributed by atoms with Gasteiger partial charge in [0.2, 0.25) is 5.91 Å². The number of hydrazone groups is 1. The largest absolute Gasteiger partial charge is 0.422 e. The second kappa shape index (κ2) is 16.6. The second-order valence-electron chi connectivity index (χ2n) is 9.65. The minimum Gasteiger partial charge on any atom is -0.422 e. The average molecular weight is 535 g/mol. The SMILES string of the molecule is CCCCCCCCCCCCCC(=O)N/N=C\c1c(OC(=O)c2ccccc2Cl)ccc2ccccc12. The highest BCUT2D eigenvalue weighted by Gasteiger charge is 2.15. The number of unbranched alkanes of at least 4 members (excludes halogenated alkanes) is 10. The minimum absolute atomic E-state index is 0.118. The lowest BCUT2D eigenvalue weighted by molar-refractivity contribution is -0.121. The van der Waals surface area contributed by atoms with E-state index in [9.17, 15) is 9.59 Å². The molecule has 0 fully saturated rings. The quantitative estimate of drug-likeness (QED) is 0.0655. The zero-order valence-electron chi connectivity index (χ0n) is 22.4. The summed E-state index contributed by atoms with van der Waals surface area (Å²) in [4.78, 5) is 25.1. The highest BCUT2D eigenvalue weighted by molar-refractivity contribution is 6.33. The molecule has 0 aromatic heterocycles. The molecule has 0 aliphatic carbocycles. The molecular weight excluding hydrogens is 496 g/mol. The van der Waals surface area contributed by atoms with Gasteiger partial charge in [0.05, 0.1) is 16.8 Å². The maximum atomic E-state index is 12.8. The number of nitrogens with zero attached hydrogens (tertiary/aromatic N) is 1. The van der Waals surface area contributed by atoms with Crippen LogP contribution >= 0.6 is 11.6 Å². The number of halogens is 1. The summed E-state index contributed by atoms with van der Waals surface area (Å²) in [6, 6.07) is 18.1. The van der Waals surface area contributed by atoms with Gasteiger partial charge in [-0.25, -0.2) is 10.2 Å². The molecule has 0 saturated heterocycles. The van der Waals surface area contributed by atoms with Crippen LogP contribution in [0.15, 0.2) is 65.8 Å². The van der Waals surface area contributed by atoms with E-state index in [4.69, 9.17) is 16.3 Å². The molecule has 5 nitrogen and oxygen atoms in total. The van der Waals surface area contributed by atoms with Crippen molar-refractivity contribution in [1.82, 2.24) is 5.43 Å². The molecule has 0 aliphatic rings. The van der Waals surface area contributed by atoms with Crippen molar-refractivity contribution in [2.24, 2.45) is 5.10 Å². The lowest BCUT2D eigenvalue weighted by Crippen LogP contribution is -2.17. The molecule has 0 spiro atoms. The van der Waals surface area contributed by atoms with E-state index in [0.29, 0.717) is 22.8 Å². The summed E-state index contributed by atoms with van der Waals surface area (Å²) in [7, 11) is 0. The molecule has 0 heterocycles. The van der Waals surface area contributed by atoms with Gasteiger partial charge in [-0.3, -0.25) is 4.79 Å². The summed E-state index contributed by atoms with van der Waals surface area (Å²) in [5, 5.41) is 6.33. The molecule has 38 heavy (non-hydrogen) atoms. The molecule has 0 radical (unpaired) electrons. The summed E-state index contributed by atoms with van der Waals surface area (Å²) < 4.78 is 5.69. The second-order valence-corrected chi connectivity index (χ2v) is 10.1. The van der Waals surface area contributed by atoms with Crippen molar-refractivity contribution in [3.8, 4) is 5.75 Å². The van der Waals surface area contributed by atoms with Crippen LogP contribution in [0.3, 0.4) is 0 Å². The van der Waals surface area contributed by atoms with Crippen molar-refractivity contribution < 1.29 is 14.3 Å². The van der Waals surface area contributed by atoms with Crippen LogP contribution in [0.1, 0.15) is 99.9 Å². The Kier molecular flexibility index (Phi) is 12.8. The Morgan fingerprint density at radius 1 is 0.816 bits per heavy atom. The Morgan fingerprint density at radius 2 is 1.45 bits per heavy atom. The normalized spacial score (nSPS) is 11.2. The predicted molar refractivity (Wildman–Crippen MR) is 157 cm³/mol. The van der Waals surface area contributed by atoms with E-state index in [1.165, 1.54) is 64.0 Å². The lowest BCUT2D eigenvalue weighted by Gasteiger charge is -2.11. The Morgan fingerprint density at radius 3 is 2.16 bits per heavy atom. The molecule has 6 heteroatoms. The van der Waals surface area contributed by atoms with E-state index in [1.807, 2.05) is 30.3 Å². The third kappa shape index (κ3) is 9.60. The molecule has 3 rings (SSSR count). The number of fused-ring (bicyclic) bond motifs is 1. The lowest BCUT2D eigenvalue weighted by atomic mass is 10.0. The number of nitrogens with one attached hydrogen (secondary N) is 1. The molecule has 1 N–H and O–H groups in total. The fourth-order valence-corrected chi connectivity index (χ4v) is 4.67. The first-order valence-electron chi connectivity index (χ1n) is 13.9. The number of hydrogen-bond donors (Lipinski definition) is 1. The topological polar surface area (TPSA) is 67.8 Å². The zero-order valence-corrected chi connectivity index (χ0v) is 23.1. The number of esters is 1. The van der Waals surface area contributed by atoms with Gasteiger partial charge in [0.1, 0.15) is 5.75 Å². The number of benzene rings is 3. The molecule has 3 aromatic rings. The highest BCUT2D eigenvalue weighted by atomic mass is 35.5. The van der Waals surface area contributed by atoms with Gasteiger partial charge >= 0.3 is 5.97 Å². The number of carbonyl (C=O) groups is 2. The maximum Gasteiger partial charge on any atom is 0.345 e. The van der Waals surface area contributed by atoms with E-state index in [-0.39, 0.29) is 11.5 Å². The Labute approximate surface area is 231 Å². The third-order valence-electron chi connectivity index (χ3n) is 6.62. The molecule has 0 bridgehead atoms. The Hall–Kier alpha value is -3.18. The number of ether oxygens (including phenoxy) is 1. The van der Waals surface area contributed by atoms with Crippen LogP contribution in [-0.4, -0.2) is 18.1 Å². The van der Waals surface area contributed by atoms with Gasteiger partial charge < -0.3 is 4.74 Å². The summed E-state index contributed by atoms with van der Waals surface area (Å²) in [6.07, 6.45) is 15.6. The van der Waals surface area contributed by atoms with E-state index in [1.54, 1.807) is 30.3 Å². The monoisotopic (exact) mass is 534 g/mol. The van der Waals surface area contributed by atoms with E-state index >= 15 is 0 Å². The zero-order chi connectivity index (χ0) is 27.0. The Balaban J connectivity index is 1.49. The standard InChI is InChI=1S/C32H39ClN2O3/c1-2-3-4-5-6-7-8-9-10-11-12-21-31(36)35-34-24-28-26-18-14-13-17-25(26)22-23-30(28)38-32(37)27-19-15-16-20-29(27)33/h13-20,22-24H,2-12,21H2,1H3,(H,35,36)/b34-24-. The first kappa shape index (κ1) is 29.4. The van der Waals surface area contributed by atoms with Crippen LogP contribution in [0.5, 0.6) is 5.75 Å². The summed E-state index contributed by atoms with van der Waals surface area (Å²) in [6.45, 7) is 2.25. The minimum atomic E-state index is -0.555. The Bertz CT molecular complexity index is 1210. The van der Waals surface area contributed by atoms with Gasteiger partial charge in [-0.15, -0.1) is 0 Å². The van der Waals surface area contributed by atoms with Crippen molar-refractivity contribution in [3.05, 3.63) is 76.8 Å². The number of hydrogen-bond acceptors (Lipinski definition) is 4. The van der Waals surface area contributed by atoms with Crippen molar-refractivity contribution in [2.45, 2.75) is 84.0 Å². The molecule has 1 amide bonds. The summed E-state index contributed by atoms with van der Waals surface area (Å²) in [5.41, 5.74) is 3.51. The molecular formula is C32H39ClN2O3. The van der Waals surface area contributed by atoms with E-state index < -0.39 is 5.97 Å². The van der Waals surface area contributed by atoms with Gasteiger partial charge in [0.15, 0.2) is 0 Å². The van der Waals surface area contributed by atoms with Crippen molar-refractivity contribution in [3.63, 3.8) is 0 Å². The van der Waals surface area contributed by atoms with Gasteiger partial charge in [-0.1, -0.05) is 125 Å².